The Bertz CT molecular complexity index is 246. The van der Waals surface area contributed by atoms with Crippen LogP contribution in [0.15, 0.2) is 4.99 Å². The molecule has 2 rings (SSSR count). The Morgan fingerprint density at radius 2 is 2.15 bits per heavy atom. The number of nitrogens with zero attached hydrogens (tertiary/aromatic N) is 1. The molecule has 0 spiro atoms. The monoisotopic (exact) mass is 183 g/mol. The predicted octanol–water partition coefficient (Wildman–Crippen LogP) is -0.774. The Morgan fingerprint density at radius 3 is 2.69 bits per heavy atom. The molecular weight excluding hydrogens is 170 g/mol. The molecule has 1 saturated heterocycles. The van der Waals surface area contributed by atoms with Gasteiger partial charge < -0.3 is 10.5 Å². The molecule has 13 heavy (non-hydrogen) atoms. The molecule has 2 aliphatic heterocycles. The zero-order valence-electron chi connectivity index (χ0n) is 7.32. The average Bonchev–Trinajstić information content (AvgIpc) is 2.47. The Hall–Kier alpha value is -1.10. The lowest BCUT2D eigenvalue weighted by Gasteiger charge is -2.23. The maximum Gasteiger partial charge on any atom is 0.251 e. The van der Waals surface area contributed by atoms with Crippen molar-refractivity contribution >= 4 is 11.9 Å². The maximum absolute atomic E-state index is 11.3. The zero-order valence-corrected chi connectivity index (χ0v) is 7.32. The molecule has 0 aromatic heterocycles. The highest BCUT2D eigenvalue weighted by Crippen LogP contribution is 2.22. The Balaban J connectivity index is 2.02. The highest BCUT2D eigenvalue weighted by Gasteiger charge is 2.33. The second kappa shape index (κ2) is 3.33. The second-order valence-corrected chi connectivity index (χ2v) is 3.40. The molecule has 2 aliphatic rings. The molecule has 72 valence electrons. The number of nitrogens with one attached hydrogen (secondary N) is 1. The third-order valence-electron chi connectivity index (χ3n) is 2.51. The Kier molecular flexibility index (Phi) is 2.18. The summed E-state index contributed by atoms with van der Waals surface area (Å²) in [5, 5.41) is 2.51. The fraction of sp³-hybridized carbons (Fsp3) is 0.750. The predicted molar refractivity (Wildman–Crippen MR) is 47.1 cm³/mol. The number of nitrogens with two attached hydrogens (primary N) is 1. The summed E-state index contributed by atoms with van der Waals surface area (Å²) >= 11 is 0. The number of hydrogen-bond acceptors (Lipinski definition) is 4. The van der Waals surface area contributed by atoms with E-state index in [0.29, 0.717) is 5.92 Å². The van der Waals surface area contributed by atoms with Crippen LogP contribution in [0, 0.1) is 5.92 Å². The van der Waals surface area contributed by atoms with Crippen LogP contribution in [0.5, 0.6) is 0 Å². The van der Waals surface area contributed by atoms with Gasteiger partial charge in [0.2, 0.25) is 0 Å². The van der Waals surface area contributed by atoms with Gasteiger partial charge in [0.1, 0.15) is 6.04 Å². The number of guanidine groups is 1. The third kappa shape index (κ3) is 1.65. The zero-order chi connectivity index (χ0) is 9.26. The van der Waals surface area contributed by atoms with E-state index in [1.54, 1.807) is 0 Å². The van der Waals surface area contributed by atoms with Gasteiger partial charge in [-0.3, -0.25) is 10.1 Å². The molecule has 2 heterocycles. The van der Waals surface area contributed by atoms with Crippen LogP contribution in [-0.2, 0) is 9.53 Å². The molecule has 3 N–H and O–H groups in total. The average molecular weight is 183 g/mol. The van der Waals surface area contributed by atoms with Crippen molar-refractivity contribution in [2.75, 3.05) is 13.2 Å². The molecule has 0 saturated carbocycles. The van der Waals surface area contributed by atoms with E-state index in [1.165, 1.54) is 0 Å². The van der Waals surface area contributed by atoms with E-state index in [9.17, 15) is 4.79 Å². The van der Waals surface area contributed by atoms with Crippen molar-refractivity contribution in [1.29, 1.82) is 0 Å². The normalized spacial score (nSPS) is 30.0. The lowest BCUT2D eigenvalue weighted by atomic mass is 9.92. The van der Waals surface area contributed by atoms with Crippen LogP contribution in [-0.4, -0.2) is 31.1 Å². The van der Waals surface area contributed by atoms with Gasteiger partial charge in [-0.1, -0.05) is 0 Å². The topological polar surface area (TPSA) is 76.7 Å². The Morgan fingerprint density at radius 1 is 1.46 bits per heavy atom. The van der Waals surface area contributed by atoms with Crippen LogP contribution < -0.4 is 11.1 Å². The molecule has 1 unspecified atom stereocenters. The molecule has 1 atom stereocenters. The van der Waals surface area contributed by atoms with Crippen LogP contribution in [0.1, 0.15) is 12.8 Å². The quantitative estimate of drug-likeness (QED) is 0.560. The maximum atomic E-state index is 11.3. The van der Waals surface area contributed by atoms with Gasteiger partial charge in [0.05, 0.1) is 0 Å². The lowest BCUT2D eigenvalue weighted by molar-refractivity contribution is -0.121. The van der Waals surface area contributed by atoms with Crippen LogP contribution >= 0.6 is 0 Å². The van der Waals surface area contributed by atoms with Gasteiger partial charge >= 0.3 is 0 Å². The minimum atomic E-state index is -0.274. The molecule has 0 aromatic rings. The fourth-order valence-electron chi connectivity index (χ4n) is 1.79. The van der Waals surface area contributed by atoms with Crippen LogP contribution in [0.4, 0.5) is 0 Å². The first kappa shape index (κ1) is 8.50. The number of carbonyl (C=O) groups is 1. The molecule has 5 nitrogen and oxygen atoms in total. The highest BCUT2D eigenvalue weighted by molar-refractivity contribution is 6.04. The number of rotatable bonds is 1. The van der Waals surface area contributed by atoms with Crippen molar-refractivity contribution in [1.82, 2.24) is 5.32 Å². The SMILES string of the molecule is NC1=NC(C2CCOCC2)C(=O)N1. The minimum absolute atomic E-state index is 0.0654. The fourth-order valence-corrected chi connectivity index (χ4v) is 1.79. The van der Waals surface area contributed by atoms with E-state index in [-0.39, 0.29) is 17.9 Å². The van der Waals surface area contributed by atoms with Crippen molar-refractivity contribution in [3.63, 3.8) is 0 Å². The van der Waals surface area contributed by atoms with Crippen molar-refractivity contribution in [3.8, 4) is 0 Å². The minimum Gasteiger partial charge on any atom is -0.381 e. The van der Waals surface area contributed by atoms with Crippen LogP contribution in [0.25, 0.3) is 0 Å². The summed E-state index contributed by atoms with van der Waals surface area (Å²) in [4.78, 5) is 15.4. The van der Waals surface area contributed by atoms with Crippen molar-refractivity contribution in [2.24, 2.45) is 16.6 Å². The molecule has 0 radical (unpaired) electrons. The van der Waals surface area contributed by atoms with Crippen LogP contribution in [0.3, 0.4) is 0 Å². The molecule has 0 aliphatic carbocycles. The van der Waals surface area contributed by atoms with E-state index >= 15 is 0 Å². The van der Waals surface area contributed by atoms with Crippen molar-refractivity contribution in [3.05, 3.63) is 0 Å². The highest BCUT2D eigenvalue weighted by atomic mass is 16.5. The smallest absolute Gasteiger partial charge is 0.251 e. The number of amides is 1. The summed E-state index contributed by atoms with van der Waals surface area (Å²) in [5.41, 5.74) is 5.41. The van der Waals surface area contributed by atoms with Crippen LogP contribution in [0.2, 0.25) is 0 Å². The van der Waals surface area contributed by atoms with Gasteiger partial charge in [-0.2, -0.15) is 0 Å². The summed E-state index contributed by atoms with van der Waals surface area (Å²) in [7, 11) is 0. The standard InChI is InChI=1S/C8H13N3O2/c9-8-10-6(7(12)11-8)5-1-3-13-4-2-5/h5-6H,1-4H2,(H3,9,10,11,12). The first-order valence-corrected chi connectivity index (χ1v) is 4.49. The summed E-state index contributed by atoms with van der Waals surface area (Å²) in [5.74, 6) is 0.487. The lowest BCUT2D eigenvalue weighted by Crippen LogP contribution is -2.37. The molecule has 1 fully saturated rings. The third-order valence-corrected chi connectivity index (χ3v) is 2.51. The van der Waals surface area contributed by atoms with Gasteiger partial charge in [-0.05, 0) is 18.8 Å². The Labute approximate surface area is 76.3 Å². The van der Waals surface area contributed by atoms with E-state index in [4.69, 9.17) is 10.5 Å². The van der Waals surface area contributed by atoms with Crippen molar-refractivity contribution < 1.29 is 9.53 Å². The molecule has 0 bridgehead atoms. The largest absolute Gasteiger partial charge is 0.381 e. The number of hydrogen-bond donors (Lipinski definition) is 2. The summed E-state index contributed by atoms with van der Waals surface area (Å²) in [6.45, 7) is 1.45. The van der Waals surface area contributed by atoms with E-state index < -0.39 is 0 Å². The second-order valence-electron chi connectivity index (χ2n) is 3.40. The van der Waals surface area contributed by atoms with Gasteiger partial charge in [0.25, 0.3) is 5.91 Å². The van der Waals surface area contributed by atoms with Crippen molar-refractivity contribution in [2.45, 2.75) is 18.9 Å². The van der Waals surface area contributed by atoms with Gasteiger partial charge in [0.15, 0.2) is 5.96 Å². The summed E-state index contributed by atoms with van der Waals surface area (Å²) < 4.78 is 5.21. The molecular formula is C8H13N3O2. The van der Waals surface area contributed by atoms with Gasteiger partial charge in [-0.25, -0.2) is 4.99 Å². The molecule has 0 aromatic carbocycles. The first-order valence-electron chi connectivity index (χ1n) is 4.49. The van der Waals surface area contributed by atoms with E-state index in [0.717, 1.165) is 26.1 Å². The summed E-state index contributed by atoms with van der Waals surface area (Å²) in [6.07, 6.45) is 1.80. The van der Waals surface area contributed by atoms with E-state index in [2.05, 4.69) is 10.3 Å². The summed E-state index contributed by atoms with van der Waals surface area (Å²) in [6, 6.07) is -0.274. The van der Waals surface area contributed by atoms with Gasteiger partial charge in [-0.15, -0.1) is 0 Å². The molecule has 1 amide bonds. The van der Waals surface area contributed by atoms with Gasteiger partial charge in [0, 0.05) is 13.2 Å². The molecule has 5 heteroatoms. The number of ether oxygens (including phenoxy) is 1. The van der Waals surface area contributed by atoms with E-state index in [1.807, 2.05) is 0 Å². The number of aliphatic imine (C=N–C) groups is 1. The first-order chi connectivity index (χ1) is 6.27. The number of carbonyl (C=O) groups excluding carboxylic acids is 1.